The Kier molecular flexibility index (Phi) is 5.55. The van der Waals surface area contributed by atoms with Gasteiger partial charge < -0.3 is 10.1 Å². The number of carbonyl (C=O) groups is 1. The fourth-order valence-corrected chi connectivity index (χ4v) is 2.22. The first-order valence-corrected chi connectivity index (χ1v) is 7.69. The molecule has 22 heavy (non-hydrogen) atoms. The van der Waals surface area contributed by atoms with E-state index in [1.54, 1.807) is 18.2 Å². The average molecular weight is 366 g/mol. The lowest BCUT2D eigenvalue weighted by atomic mass is 10.1. The van der Waals surface area contributed by atoms with Crippen LogP contribution in [0.25, 0.3) is 0 Å². The lowest BCUT2D eigenvalue weighted by molar-refractivity contribution is -0.123. The van der Waals surface area contributed by atoms with Gasteiger partial charge in [0.15, 0.2) is 6.61 Å². The number of carbonyl (C=O) groups excluding carboxylic acids is 1. The molecule has 2 aromatic carbocycles. The largest absolute Gasteiger partial charge is 0.484 e. The van der Waals surface area contributed by atoms with Crippen molar-refractivity contribution in [3.8, 4) is 5.75 Å². The molecule has 0 aliphatic rings. The smallest absolute Gasteiger partial charge is 0.258 e. The zero-order valence-corrected chi connectivity index (χ0v) is 14.0. The minimum absolute atomic E-state index is 0.0629. The highest BCUT2D eigenvalue weighted by atomic mass is 79.9. The second-order valence-corrected chi connectivity index (χ2v) is 5.89. The predicted octanol–water partition coefficient (Wildman–Crippen LogP) is 4.15. The van der Waals surface area contributed by atoms with Crippen LogP contribution in [0.15, 0.2) is 46.9 Å². The third-order valence-electron chi connectivity index (χ3n) is 3.25. The molecule has 5 heteroatoms. The van der Waals surface area contributed by atoms with E-state index in [9.17, 15) is 9.18 Å². The molecule has 2 rings (SSSR count). The molecular weight excluding hydrogens is 349 g/mol. The molecule has 0 aliphatic carbocycles. The molecule has 1 atom stereocenters. The van der Waals surface area contributed by atoms with E-state index in [4.69, 9.17) is 4.74 Å². The molecule has 1 amide bonds. The van der Waals surface area contributed by atoms with Gasteiger partial charge in [-0.2, -0.15) is 0 Å². The summed E-state index contributed by atoms with van der Waals surface area (Å²) in [6, 6.07) is 11.4. The molecule has 0 saturated carbocycles. The Morgan fingerprint density at radius 1 is 1.27 bits per heavy atom. The molecule has 0 saturated heterocycles. The normalized spacial score (nSPS) is 11.8. The van der Waals surface area contributed by atoms with Crippen molar-refractivity contribution < 1.29 is 13.9 Å². The van der Waals surface area contributed by atoms with Gasteiger partial charge in [0.05, 0.1) is 6.04 Å². The second kappa shape index (κ2) is 7.40. The van der Waals surface area contributed by atoms with E-state index in [-0.39, 0.29) is 24.4 Å². The van der Waals surface area contributed by atoms with Crippen LogP contribution >= 0.6 is 15.9 Å². The van der Waals surface area contributed by atoms with Crippen LogP contribution in [0.4, 0.5) is 4.39 Å². The summed E-state index contributed by atoms with van der Waals surface area (Å²) in [6.45, 7) is 3.73. The van der Waals surface area contributed by atoms with Crippen molar-refractivity contribution in [3.05, 3.63) is 63.9 Å². The second-order valence-electron chi connectivity index (χ2n) is 5.04. The summed E-state index contributed by atoms with van der Waals surface area (Å²) >= 11 is 3.41. The maximum Gasteiger partial charge on any atom is 0.258 e. The van der Waals surface area contributed by atoms with Gasteiger partial charge in [-0.3, -0.25) is 4.79 Å². The van der Waals surface area contributed by atoms with Gasteiger partial charge in [0.1, 0.15) is 11.6 Å². The quantitative estimate of drug-likeness (QED) is 0.863. The highest BCUT2D eigenvalue weighted by molar-refractivity contribution is 9.10. The molecule has 0 aliphatic heterocycles. The lowest BCUT2D eigenvalue weighted by Gasteiger charge is -2.15. The minimum atomic E-state index is -0.295. The summed E-state index contributed by atoms with van der Waals surface area (Å²) in [5.41, 5.74) is 1.88. The molecule has 0 aromatic heterocycles. The summed E-state index contributed by atoms with van der Waals surface area (Å²) in [5.74, 6) is 0.124. The first kappa shape index (κ1) is 16.5. The Bertz CT molecular complexity index is 658. The number of amides is 1. The fourth-order valence-electron chi connectivity index (χ4n) is 1.97. The highest BCUT2D eigenvalue weighted by Gasteiger charge is 2.10. The molecule has 0 fully saturated rings. The van der Waals surface area contributed by atoms with Gasteiger partial charge in [-0.05, 0) is 55.3 Å². The van der Waals surface area contributed by atoms with Crippen LogP contribution in [0.5, 0.6) is 5.75 Å². The fraction of sp³-hybridized carbons (Fsp3) is 0.235. The molecule has 1 unspecified atom stereocenters. The topological polar surface area (TPSA) is 38.3 Å². The number of benzene rings is 2. The highest BCUT2D eigenvalue weighted by Crippen LogP contribution is 2.21. The Labute approximate surface area is 137 Å². The van der Waals surface area contributed by atoms with Crippen LogP contribution in [0.2, 0.25) is 0 Å². The molecule has 1 N–H and O–H groups in total. The number of ether oxygens (including phenoxy) is 1. The van der Waals surface area contributed by atoms with Gasteiger partial charge in [-0.15, -0.1) is 0 Å². The third kappa shape index (κ3) is 4.56. The molecule has 2 aromatic rings. The van der Waals surface area contributed by atoms with Gasteiger partial charge in [0.2, 0.25) is 0 Å². The molecular formula is C17H17BrFNO2. The number of hydrogen-bond acceptors (Lipinski definition) is 2. The number of hydrogen-bond donors (Lipinski definition) is 1. The molecule has 0 radical (unpaired) electrons. The summed E-state index contributed by atoms with van der Waals surface area (Å²) in [5, 5.41) is 2.82. The maximum absolute atomic E-state index is 12.9. The van der Waals surface area contributed by atoms with Crippen LogP contribution < -0.4 is 10.1 Å². The van der Waals surface area contributed by atoms with E-state index in [1.165, 1.54) is 12.1 Å². The van der Waals surface area contributed by atoms with Crippen LogP contribution in [-0.4, -0.2) is 12.5 Å². The zero-order chi connectivity index (χ0) is 16.1. The van der Waals surface area contributed by atoms with Crippen molar-refractivity contribution in [1.29, 1.82) is 0 Å². The van der Waals surface area contributed by atoms with E-state index in [0.29, 0.717) is 5.75 Å². The van der Waals surface area contributed by atoms with Crippen molar-refractivity contribution >= 4 is 21.8 Å². The van der Waals surface area contributed by atoms with Crippen LogP contribution in [-0.2, 0) is 4.79 Å². The van der Waals surface area contributed by atoms with Crippen molar-refractivity contribution in [3.63, 3.8) is 0 Å². The van der Waals surface area contributed by atoms with Gasteiger partial charge in [0, 0.05) is 4.47 Å². The monoisotopic (exact) mass is 365 g/mol. The van der Waals surface area contributed by atoms with Gasteiger partial charge in [-0.25, -0.2) is 4.39 Å². The number of rotatable bonds is 5. The van der Waals surface area contributed by atoms with Crippen molar-refractivity contribution in [2.75, 3.05) is 6.61 Å². The van der Waals surface area contributed by atoms with E-state index < -0.39 is 0 Å². The molecule has 3 nitrogen and oxygen atoms in total. The molecule has 0 bridgehead atoms. The Hall–Kier alpha value is -1.88. The zero-order valence-electron chi connectivity index (χ0n) is 12.4. The van der Waals surface area contributed by atoms with Crippen molar-refractivity contribution in [2.45, 2.75) is 19.9 Å². The lowest BCUT2D eigenvalue weighted by Crippen LogP contribution is -2.31. The molecule has 0 heterocycles. The summed E-state index contributed by atoms with van der Waals surface area (Å²) in [6.07, 6.45) is 0. The average Bonchev–Trinajstić information content (AvgIpc) is 2.49. The van der Waals surface area contributed by atoms with Gasteiger partial charge >= 0.3 is 0 Å². The maximum atomic E-state index is 12.9. The van der Waals surface area contributed by atoms with Crippen LogP contribution in [0.1, 0.15) is 24.1 Å². The molecule has 116 valence electrons. The van der Waals surface area contributed by atoms with Gasteiger partial charge in [-0.1, -0.05) is 28.1 Å². The van der Waals surface area contributed by atoms with Crippen molar-refractivity contribution in [1.82, 2.24) is 5.32 Å². The van der Waals surface area contributed by atoms with E-state index in [0.717, 1.165) is 15.6 Å². The SMILES string of the molecule is Cc1cc(OCC(=O)NC(C)c2ccc(F)cc2)ccc1Br. The summed E-state index contributed by atoms with van der Waals surface area (Å²) < 4.78 is 19.3. The summed E-state index contributed by atoms with van der Waals surface area (Å²) in [7, 11) is 0. The van der Waals surface area contributed by atoms with E-state index in [1.807, 2.05) is 26.0 Å². The Morgan fingerprint density at radius 3 is 2.59 bits per heavy atom. The van der Waals surface area contributed by atoms with E-state index in [2.05, 4.69) is 21.2 Å². The van der Waals surface area contributed by atoms with Gasteiger partial charge in [0.25, 0.3) is 5.91 Å². The first-order valence-electron chi connectivity index (χ1n) is 6.89. The standard InChI is InChI=1S/C17H17BrFNO2/c1-11-9-15(7-8-16(11)18)22-10-17(21)20-12(2)13-3-5-14(19)6-4-13/h3-9,12H,10H2,1-2H3,(H,20,21). The van der Waals surface area contributed by atoms with E-state index >= 15 is 0 Å². The Balaban J connectivity index is 1.87. The third-order valence-corrected chi connectivity index (χ3v) is 4.14. The molecule has 0 spiro atoms. The first-order chi connectivity index (χ1) is 10.5. The van der Waals surface area contributed by atoms with Crippen LogP contribution in [0, 0.1) is 12.7 Å². The number of halogens is 2. The predicted molar refractivity (Wildman–Crippen MR) is 87.3 cm³/mol. The number of aryl methyl sites for hydroxylation is 1. The number of nitrogens with one attached hydrogen (secondary N) is 1. The van der Waals surface area contributed by atoms with Crippen LogP contribution in [0.3, 0.4) is 0 Å². The summed E-state index contributed by atoms with van der Waals surface area (Å²) in [4.78, 5) is 11.9. The Morgan fingerprint density at radius 2 is 1.95 bits per heavy atom. The minimum Gasteiger partial charge on any atom is -0.484 e. The van der Waals surface area contributed by atoms with Crippen molar-refractivity contribution in [2.24, 2.45) is 0 Å².